The van der Waals surface area contributed by atoms with Crippen molar-refractivity contribution in [2.24, 2.45) is 0 Å². The van der Waals surface area contributed by atoms with Crippen molar-refractivity contribution in [1.29, 1.82) is 0 Å². The highest BCUT2D eigenvalue weighted by Crippen LogP contribution is 2.17. The average Bonchev–Trinajstić information content (AvgIpc) is 2.84. The molecule has 92 valence electrons. The van der Waals surface area contributed by atoms with Crippen LogP contribution in [0, 0.1) is 0 Å². The maximum absolute atomic E-state index is 11.7. The second-order valence-electron chi connectivity index (χ2n) is 3.96. The number of benzene rings is 1. The summed E-state index contributed by atoms with van der Waals surface area (Å²) in [7, 11) is -0.750. The molecule has 1 amide bonds. The lowest BCUT2D eigenvalue weighted by Crippen LogP contribution is -2.32. The van der Waals surface area contributed by atoms with Crippen LogP contribution in [0.5, 0.6) is 0 Å². The summed E-state index contributed by atoms with van der Waals surface area (Å²) in [6, 6.07) is 9.82. The number of nitrogens with one attached hydrogen (secondary N) is 1. The normalized spacial score (nSPS) is 14.7. The van der Waals surface area contributed by atoms with Crippen LogP contribution in [0.1, 0.15) is 36.0 Å². The summed E-state index contributed by atoms with van der Waals surface area (Å²) < 4.78 is 0. The SMILES string of the molecule is O=C(NC1CCCC1)c1ccccc1.OBO. The summed E-state index contributed by atoms with van der Waals surface area (Å²) in [5.41, 5.74) is 0.763. The lowest BCUT2D eigenvalue weighted by atomic mass is 10.2. The molecule has 0 spiro atoms. The third-order valence-electron chi connectivity index (χ3n) is 2.73. The van der Waals surface area contributed by atoms with E-state index in [1.807, 2.05) is 30.3 Å². The fourth-order valence-corrected chi connectivity index (χ4v) is 1.93. The molecule has 0 saturated heterocycles. The van der Waals surface area contributed by atoms with E-state index in [1.54, 1.807) is 0 Å². The van der Waals surface area contributed by atoms with Crippen LogP contribution in [0.3, 0.4) is 0 Å². The van der Waals surface area contributed by atoms with Crippen LogP contribution < -0.4 is 5.32 Å². The number of rotatable bonds is 2. The fourth-order valence-electron chi connectivity index (χ4n) is 1.93. The third-order valence-corrected chi connectivity index (χ3v) is 2.73. The first-order valence-electron chi connectivity index (χ1n) is 5.85. The van der Waals surface area contributed by atoms with Gasteiger partial charge in [-0.1, -0.05) is 31.0 Å². The summed E-state index contributed by atoms with van der Waals surface area (Å²) in [6.07, 6.45) is 4.77. The van der Waals surface area contributed by atoms with Gasteiger partial charge in [-0.25, -0.2) is 0 Å². The average molecular weight is 235 g/mol. The van der Waals surface area contributed by atoms with Crippen molar-refractivity contribution in [3.05, 3.63) is 35.9 Å². The van der Waals surface area contributed by atoms with Crippen molar-refractivity contribution in [3.8, 4) is 0 Å². The quantitative estimate of drug-likeness (QED) is 0.657. The maximum Gasteiger partial charge on any atom is 0.432 e. The number of carbonyl (C=O) groups excluding carboxylic acids is 1. The van der Waals surface area contributed by atoms with E-state index in [0.717, 1.165) is 18.4 Å². The predicted molar refractivity (Wildman–Crippen MR) is 67.8 cm³/mol. The van der Waals surface area contributed by atoms with Gasteiger partial charge >= 0.3 is 7.69 Å². The van der Waals surface area contributed by atoms with E-state index in [1.165, 1.54) is 12.8 Å². The molecule has 3 N–H and O–H groups in total. The fraction of sp³-hybridized carbons (Fsp3) is 0.417. The Morgan fingerprint density at radius 3 is 2.24 bits per heavy atom. The molecule has 1 aromatic rings. The highest BCUT2D eigenvalue weighted by atomic mass is 16.4. The minimum Gasteiger partial charge on any atom is -0.430 e. The van der Waals surface area contributed by atoms with Crippen LogP contribution in [0.2, 0.25) is 0 Å². The van der Waals surface area contributed by atoms with E-state index in [0.29, 0.717) is 6.04 Å². The van der Waals surface area contributed by atoms with E-state index in [2.05, 4.69) is 5.32 Å². The summed E-state index contributed by atoms with van der Waals surface area (Å²) in [5.74, 6) is 0.0671. The highest BCUT2D eigenvalue weighted by Gasteiger charge is 2.17. The van der Waals surface area contributed by atoms with Gasteiger partial charge in [-0.05, 0) is 25.0 Å². The lowest BCUT2D eigenvalue weighted by molar-refractivity contribution is 0.0938. The summed E-state index contributed by atoms with van der Waals surface area (Å²) in [4.78, 5) is 11.7. The molecule has 1 saturated carbocycles. The Labute approximate surface area is 102 Å². The topological polar surface area (TPSA) is 69.6 Å². The first kappa shape index (κ1) is 13.7. The molecule has 17 heavy (non-hydrogen) atoms. The molecule has 5 heteroatoms. The van der Waals surface area contributed by atoms with Crippen molar-refractivity contribution >= 4 is 13.6 Å². The molecule has 0 aliphatic heterocycles. The van der Waals surface area contributed by atoms with Crippen LogP contribution in [0.25, 0.3) is 0 Å². The van der Waals surface area contributed by atoms with Crippen LogP contribution in [-0.2, 0) is 0 Å². The van der Waals surface area contributed by atoms with Crippen molar-refractivity contribution in [3.63, 3.8) is 0 Å². The molecule has 4 nitrogen and oxygen atoms in total. The Hall–Kier alpha value is -1.33. The molecular formula is C12H18BNO3. The largest absolute Gasteiger partial charge is 0.432 e. The molecule has 0 radical (unpaired) electrons. The Balaban J connectivity index is 0.000000437. The van der Waals surface area contributed by atoms with Crippen LogP contribution in [0.15, 0.2) is 30.3 Å². The van der Waals surface area contributed by atoms with Gasteiger partial charge in [-0.3, -0.25) is 4.79 Å². The second-order valence-corrected chi connectivity index (χ2v) is 3.96. The van der Waals surface area contributed by atoms with Gasteiger partial charge in [0.05, 0.1) is 0 Å². The zero-order valence-corrected chi connectivity index (χ0v) is 9.80. The van der Waals surface area contributed by atoms with Crippen molar-refractivity contribution in [1.82, 2.24) is 5.32 Å². The van der Waals surface area contributed by atoms with E-state index in [9.17, 15) is 4.79 Å². The first-order chi connectivity index (χ1) is 8.27. The molecule has 0 heterocycles. The number of carbonyl (C=O) groups is 1. The highest BCUT2D eigenvalue weighted by molar-refractivity contribution is 6.13. The zero-order valence-electron chi connectivity index (χ0n) is 9.80. The number of hydrogen-bond donors (Lipinski definition) is 3. The smallest absolute Gasteiger partial charge is 0.430 e. The molecule has 1 aromatic carbocycles. The van der Waals surface area contributed by atoms with Gasteiger partial charge in [0.1, 0.15) is 0 Å². The molecule has 0 bridgehead atoms. The van der Waals surface area contributed by atoms with Gasteiger partial charge in [-0.2, -0.15) is 0 Å². The monoisotopic (exact) mass is 235 g/mol. The van der Waals surface area contributed by atoms with Crippen molar-refractivity contribution in [2.45, 2.75) is 31.7 Å². The van der Waals surface area contributed by atoms with Crippen LogP contribution in [0.4, 0.5) is 0 Å². The van der Waals surface area contributed by atoms with Gasteiger partial charge < -0.3 is 15.4 Å². The number of hydrogen-bond acceptors (Lipinski definition) is 3. The third kappa shape index (κ3) is 5.02. The molecule has 2 rings (SSSR count). The first-order valence-corrected chi connectivity index (χ1v) is 5.85. The molecule has 1 aliphatic carbocycles. The van der Waals surface area contributed by atoms with Gasteiger partial charge in [0.2, 0.25) is 0 Å². The predicted octanol–water partition coefficient (Wildman–Crippen LogP) is 0.596. The standard InChI is InChI=1S/C12H15NO.BH3O2/c14-12(10-6-2-1-3-7-10)13-11-8-4-5-9-11;2-1-3/h1-3,6-7,11H,4-5,8-9H2,(H,13,14);1-3H. The summed E-state index contributed by atoms with van der Waals surface area (Å²) in [5, 5.41) is 17.3. The van der Waals surface area contributed by atoms with Gasteiger partial charge in [-0.15, -0.1) is 0 Å². The lowest BCUT2D eigenvalue weighted by Gasteiger charge is -2.11. The van der Waals surface area contributed by atoms with Gasteiger partial charge in [0.25, 0.3) is 5.91 Å². The van der Waals surface area contributed by atoms with E-state index < -0.39 is 7.69 Å². The number of amides is 1. The van der Waals surface area contributed by atoms with Crippen molar-refractivity contribution in [2.75, 3.05) is 0 Å². The minimum atomic E-state index is -0.750. The molecule has 1 fully saturated rings. The van der Waals surface area contributed by atoms with E-state index in [-0.39, 0.29) is 5.91 Å². The van der Waals surface area contributed by atoms with Crippen molar-refractivity contribution < 1.29 is 14.8 Å². The Morgan fingerprint density at radius 1 is 1.18 bits per heavy atom. The summed E-state index contributed by atoms with van der Waals surface area (Å²) in [6.45, 7) is 0. The maximum atomic E-state index is 11.7. The molecule has 1 aliphatic rings. The zero-order chi connectivity index (χ0) is 12.5. The Morgan fingerprint density at radius 2 is 1.71 bits per heavy atom. The minimum absolute atomic E-state index is 0.0671. The second kappa shape index (κ2) is 7.87. The molecule has 0 atom stereocenters. The van der Waals surface area contributed by atoms with Crippen LogP contribution >= 0.6 is 0 Å². The molecule has 0 unspecified atom stereocenters. The van der Waals surface area contributed by atoms with Crippen LogP contribution in [-0.4, -0.2) is 29.7 Å². The Bertz CT molecular complexity index is 326. The van der Waals surface area contributed by atoms with Gasteiger partial charge in [0.15, 0.2) is 0 Å². The van der Waals surface area contributed by atoms with Gasteiger partial charge in [0, 0.05) is 11.6 Å². The summed E-state index contributed by atoms with van der Waals surface area (Å²) >= 11 is 0. The molecule has 0 aromatic heterocycles. The van der Waals surface area contributed by atoms with E-state index >= 15 is 0 Å². The van der Waals surface area contributed by atoms with E-state index in [4.69, 9.17) is 10.0 Å². The molecular weight excluding hydrogens is 217 g/mol. The Kier molecular flexibility index (Phi) is 6.36.